The summed E-state index contributed by atoms with van der Waals surface area (Å²) in [5.74, 6) is -6.98. The van der Waals surface area contributed by atoms with Crippen molar-refractivity contribution in [2.24, 2.45) is 0 Å². The van der Waals surface area contributed by atoms with Gasteiger partial charge in [-0.3, -0.25) is 38.6 Å². The lowest BCUT2D eigenvalue weighted by Gasteiger charge is -2.31. The highest BCUT2D eigenvalue weighted by atomic mass is 16.4. The Morgan fingerprint density at radius 2 is 1.05 bits per heavy atom. The molecule has 2 heterocycles. The molecule has 0 fully saturated rings. The number of carboxylic acids is 6. The summed E-state index contributed by atoms with van der Waals surface area (Å²) in [6.45, 7) is -3.77. The van der Waals surface area contributed by atoms with Crippen molar-refractivity contribution in [2.45, 2.75) is 36.5 Å². The van der Waals surface area contributed by atoms with Crippen LogP contribution in [0.25, 0.3) is 0 Å². The van der Waals surface area contributed by atoms with E-state index in [2.05, 4.69) is 0 Å². The molecule has 4 rings (SSSR count). The van der Waals surface area contributed by atoms with E-state index in [0.717, 1.165) is 0 Å². The first-order valence-electron chi connectivity index (χ1n) is 20.6. The summed E-state index contributed by atoms with van der Waals surface area (Å²) >= 11 is 0. The van der Waals surface area contributed by atoms with Crippen LogP contribution in [0.3, 0.4) is 0 Å². The minimum Gasteiger partial charge on any atom is -0.481 e. The maximum atomic E-state index is 11.6. The molecule has 350 valence electrons. The fraction of sp³-hybridized carbons (Fsp3) is 0.400. The van der Waals surface area contributed by atoms with Crippen LogP contribution in [0.2, 0.25) is 0 Å². The molecule has 65 heavy (non-hydrogen) atoms. The van der Waals surface area contributed by atoms with E-state index in [-0.39, 0.29) is 51.9 Å². The summed E-state index contributed by atoms with van der Waals surface area (Å²) in [7, 11) is 0. The summed E-state index contributed by atoms with van der Waals surface area (Å²) in [6, 6.07) is 9.78. The minimum absolute atomic E-state index is 0.0811. The van der Waals surface area contributed by atoms with Crippen LogP contribution in [0.15, 0.2) is 84.6 Å². The van der Waals surface area contributed by atoms with E-state index >= 15 is 0 Å². The average Bonchev–Trinajstić information content (AvgIpc) is 3.63. The fourth-order valence-electron chi connectivity index (χ4n) is 8.35. The number of carbonyl (C=O) groups is 6. The average molecular weight is 908 g/mol. The molecule has 0 atom stereocenters. The van der Waals surface area contributed by atoms with Crippen LogP contribution in [0.4, 0.5) is 11.4 Å². The molecule has 0 bridgehead atoms. The van der Waals surface area contributed by atoms with E-state index in [1.54, 1.807) is 88.4 Å². The van der Waals surface area contributed by atoms with Gasteiger partial charge in [0.25, 0.3) is 0 Å². The van der Waals surface area contributed by atoms with Crippen molar-refractivity contribution < 1.29 is 84.4 Å². The third kappa shape index (κ3) is 12.8. The highest BCUT2D eigenvalue weighted by Gasteiger charge is 2.51. The van der Waals surface area contributed by atoms with Gasteiger partial charge in [0.05, 0.1) is 70.9 Å². The van der Waals surface area contributed by atoms with Crippen molar-refractivity contribution in [1.82, 2.24) is 9.80 Å². The topological polar surface area (TPSA) is 317 Å². The zero-order valence-electron chi connectivity index (χ0n) is 35.5. The van der Waals surface area contributed by atoms with Crippen LogP contribution in [-0.2, 0) is 52.4 Å². The first kappa shape index (κ1) is 51.1. The van der Waals surface area contributed by atoms with Crippen LogP contribution >= 0.6 is 0 Å². The van der Waals surface area contributed by atoms with Crippen molar-refractivity contribution >= 4 is 52.9 Å². The Morgan fingerprint density at radius 1 is 0.569 bits per heavy atom. The molecule has 0 saturated heterocycles. The number of fused-ring (bicyclic) bond motifs is 2. The molecule has 0 spiro atoms. The molecule has 2 aliphatic heterocycles. The van der Waals surface area contributed by atoms with Crippen molar-refractivity contribution in [2.75, 3.05) is 83.7 Å². The van der Waals surface area contributed by atoms with Crippen molar-refractivity contribution in [3.63, 3.8) is 0 Å². The lowest BCUT2D eigenvalue weighted by Crippen LogP contribution is -2.42. The molecule has 0 amide bonds. The first-order valence-corrected chi connectivity index (χ1v) is 20.6. The lowest BCUT2D eigenvalue weighted by molar-refractivity contribution is -0.438. The molecule has 2 aromatic rings. The van der Waals surface area contributed by atoms with Crippen molar-refractivity contribution in [3.05, 3.63) is 107 Å². The van der Waals surface area contributed by atoms with E-state index < -0.39 is 99.3 Å². The summed E-state index contributed by atoms with van der Waals surface area (Å²) in [6.07, 6.45) is 11.4. The normalized spacial score (nSPS) is 15.8. The van der Waals surface area contributed by atoms with Gasteiger partial charge < -0.3 is 56.0 Å². The quantitative estimate of drug-likeness (QED) is 0.0405. The molecule has 10 N–H and O–H groups in total. The van der Waals surface area contributed by atoms with Gasteiger partial charge in [0, 0.05) is 55.1 Å². The predicted octanol–water partition coefficient (Wildman–Crippen LogP) is 0.280. The summed E-state index contributed by atoms with van der Waals surface area (Å²) in [5.41, 5.74) is 0.998. The number of benzene rings is 2. The highest BCUT2D eigenvalue weighted by molar-refractivity contribution is 6.04. The number of allylic oxidation sites excluding steroid dienone is 7. The molecule has 0 radical (unpaired) electrons. The molecular formula is C45H55N4O16+. The molecule has 0 saturated carbocycles. The Labute approximate surface area is 373 Å². The second-order valence-corrected chi connectivity index (χ2v) is 15.7. The third-order valence-electron chi connectivity index (χ3n) is 11.2. The number of carboxylic acid groups (broad SMARTS) is 6. The van der Waals surface area contributed by atoms with E-state index in [1.807, 2.05) is 0 Å². The smallest absolute Gasteiger partial charge is 0.317 e. The second-order valence-electron chi connectivity index (χ2n) is 15.7. The van der Waals surface area contributed by atoms with Crippen LogP contribution in [0, 0.1) is 0 Å². The number of hydrogen-bond acceptors (Lipinski definition) is 13. The number of nitrogens with zero attached hydrogens (tertiary/aromatic N) is 4. The standard InChI is InChI=1S/C45H54N4O16/c50-26-44(27-51)32-18-30(20-38(54)55)10-12-34(32)48(16-6-14-46(22-40(58)59)23-41(60)61)36(44)8-4-2-1-3-5-9-37-45(28-52,29-53)33-19-31(21-39(56)57)11-13-35(33)49(37)17-7-15-47(24-42(62)63)25-43(64)65/h1-5,8-13,18-19,50-53H,6-7,14-17,20-29H2,(H5-,54,55,56,57,58,59,60,61,62,63,64,65)/p+1. The van der Waals surface area contributed by atoms with Gasteiger partial charge in [0.15, 0.2) is 12.3 Å². The number of aliphatic carboxylic acids is 6. The van der Waals surface area contributed by atoms with Crippen molar-refractivity contribution in [1.29, 1.82) is 0 Å². The van der Waals surface area contributed by atoms with Crippen LogP contribution < -0.4 is 4.90 Å². The predicted molar refractivity (Wildman–Crippen MR) is 233 cm³/mol. The van der Waals surface area contributed by atoms with Gasteiger partial charge >= 0.3 is 35.8 Å². The monoisotopic (exact) mass is 907 g/mol. The van der Waals surface area contributed by atoms with Gasteiger partial charge in [-0.15, -0.1) is 0 Å². The summed E-state index contributed by atoms with van der Waals surface area (Å²) < 4.78 is 1.80. The highest BCUT2D eigenvalue weighted by Crippen LogP contribution is 2.48. The van der Waals surface area contributed by atoms with E-state index in [4.69, 9.17) is 0 Å². The molecule has 0 unspecified atom stereocenters. The van der Waals surface area contributed by atoms with E-state index in [1.165, 1.54) is 9.80 Å². The van der Waals surface area contributed by atoms with Gasteiger partial charge in [0.2, 0.25) is 5.69 Å². The van der Waals surface area contributed by atoms with Crippen LogP contribution in [0.1, 0.15) is 35.1 Å². The van der Waals surface area contributed by atoms with Crippen LogP contribution in [-0.4, -0.2) is 186 Å². The zero-order chi connectivity index (χ0) is 47.9. The molecule has 0 aromatic heterocycles. The second kappa shape index (κ2) is 23.4. The number of anilines is 1. The van der Waals surface area contributed by atoms with Gasteiger partial charge in [0.1, 0.15) is 5.41 Å². The number of aliphatic hydroxyl groups is 4. The molecule has 0 aliphatic carbocycles. The van der Waals surface area contributed by atoms with Gasteiger partial charge in [-0.1, -0.05) is 48.6 Å². The summed E-state index contributed by atoms with van der Waals surface area (Å²) in [5, 5.41) is 99.5. The summed E-state index contributed by atoms with van der Waals surface area (Å²) in [4.78, 5) is 73.1. The van der Waals surface area contributed by atoms with E-state index in [0.29, 0.717) is 45.0 Å². The minimum atomic E-state index is -1.39. The largest absolute Gasteiger partial charge is 0.481 e. The molecule has 2 aliphatic rings. The van der Waals surface area contributed by atoms with Gasteiger partial charge in [-0.2, -0.15) is 4.58 Å². The zero-order valence-corrected chi connectivity index (χ0v) is 35.5. The number of rotatable bonds is 28. The van der Waals surface area contributed by atoms with Gasteiger partial charge in [-0.05, 0) is 41.3 Å². The Bertz CT molecular complexity index is 2220. The fourth-order valence-corrected chi connectivity index (χ4v) is 8.35. The van der Waals surface area contributed by atoms with Crippen LogP contribution in [0.5, 0.6) is 0 Å². The Kier molecular flexibility index (Phi) is 18.4. The maximum absolute atomic E-state index is 11.6. The van der Waals surface area contributed by atoms with Gasteiger partial charge in [-0.25, -0.2) is 0 Å². The maximum Gasteiger partial charge on any atom is 0.317 e. The SMILES string of the molecule is O=C(O)Cc1ccc2c(c1)C(CO)(CO)C(/C=C/C=C/C=C/C=C1/N(CCCN(CC(=O)O)CC(=O)O)c3ccc(CC(=O)O)cc3C1(CO)CO)=[N+]2CCCN(CC(=O)O)CC(=O)O. The Balaban J connectivity index is 1.69. The molecule has 2 aromatic carbocycles. The number of hydrogen-bond donors (Lipinski definition) is 10. The Morgan fingerprint density at radius 3 is 1.55 bits per heavy atom. The molecule has 20 heteroatoms. The number of aliphatic hydroxyl groups excluding tert-OH is 4. The third-order valence-corrected chi connectivity index (χ3v) is 11.2. The first-order chi connectivity index (χ1) is 30.9. The lowest BCUT2D eigenvalue weighted by atomic mass is 9.78. The molecular weight excluding hydrogens is 853 g/mol. The molecule has 20 nitrogen and oxygen atoms in total. The Hall–Kier alpha value is -6.55. The van der Waals surface area contributed by atoms with Crippen molar-refractivity contribution in [3.8, 4) is 0 Å². The van der Waals surface area contributed by atoms with E-state index in [9.17, 15) is 79.8 Å².